The maximum absolute atomic E-state index is 12.2. The number of carbonyl (C=O) groups excluding carboxylic acids is 1. The van der Waals surface area contributed by atoms with Crippen molar-refractivity contribution >= 4 is 11.9 Å². The van der Waals surface area contributed by atoms with Gasteiger partial charge in [0, 0.05) is 0 Å². The maximum atomic E-state index is 12.2. The van der Waals surface area contributed by atoms with Gasteiger partial charge in [-0.1, -0.05) is 23.8 Å². The molecule has 0 aliphatic carbocycles. The molecule has 2 aromatic carbocycles. The third-order valence-corrected chi connectivity index (χ3v) is 3.34. The maximum Gasteiger partial charge on any atom is 0.343 e. The Labute approximate surface area is 123 Å². The molecule has 0 heterocycles. The smallest absolute Gasteiger partial charge is 0.343 e. The average molecular weight is 284 g/mol. The summed E-state index contributed by atoms with van der Waals surface area (Å²) in [5.74, 6) is -1.17. The minimum Gasteiger partial charge on any atom is -0.478 e. The summed E-state index contributed by atoms with van der Waals surface area (Å²) >= 11 is 0. The van der Waals surface area contributed by atoms with Crippen LogP contribution in [0.1, 0.15) is 37.4 Å². The van der Waals surface area contributed by atoms with Crippen LogP contribution in [-0.2, 0) is 0 Å². The fourth-order valence-corrected chi connectivity index (χ4v) is 2.17. The van der Waals surface area contributed by atoms with Crippen LogP contribution in [0.2, 0.25) is 0 Å². The molecule has 0 aromatic heterocycles. The van der Waals surface area contributed by atoms with Crippen molar-refractivity contribution < 1.29 is 19.4 Å². The number of rotatable bonds is 3. The van der Waals surface area contributed by atoms with Crippen LogP contribution in [0.15, 0.2) is 36.4 Å². The first kappa shape index (κ1) is 14.8. The highest BCUT2D eigenvalue weighted by Gasteiger charge is 2.19. The zero-order chi connectivity index (χ0) is 15.6. The normalized spacial score (nSPS) is 10.2. The first-order chi connectivity index (χ1) is 9.90. The van der Waals surface area contributed by atoms with Gasteiger partial charge in [0.05, 0.1) is 11.1 Å². The van der Waals surface area contributed by atoms with E-state index < -0.39 is 11.9 Å². The van der Waals surface area contributed by atoms with Crippen molar-refractivity contribution in [3.63, 3.8) is 0 Å². The van der Waals surface area contributed by atoms with Crippen LogP contribution in [0.5, 0.6) is 5.75 Å². The number of esters is 1. The number of benzene rings is 2. The molecule has 2 aromatic rings. The van der Waals surface area contributed by atoms with Crippen molar-refractivity contribution in [1.29, 1.82) is 0 Å². The third-order valence-electron chi connectivity index (χ3n) is 3.34. The Morgan fingerprint density at radius 3 is 2.14 bits per heavy atom. The van der Waals surface area contributed by atoms with Crippen molar-refractivity contribution in [3.05, 3.63) is 64.2 Å². The monoisotopic (exact) mass is 284 g/mol. The van der Waals surface area contributed by atoms with E-state index in [1.807, 2.05) is 19.1 Å². The summed E-state index contributed by atoms with van der Waals surface area (Å²) in [4.78, 5) is 23.5. The number of carboxylic acid groups (broad SMARTS) is 1. The Bertz CT molecular complexity index is 699. The second kappa shape index (κ2) is 5.79. The van der Waals surface area contributed by atoms with Crippen LogP contribution in [-0.4, -0.2) is 17.0 Å². The summed E-state index contributed by atoms with van der Waals surface area (Å²) in [6.45, 7) is 5.25. The minimum absolute atomic E-state index is 0.147. The molecule has 4 heteroatoms. The highest BCUT2D eigenvalue weighted by atomic mass is 16.5. The van der Waals surface area contributed by atoms with Gasteiger partial charge < -0.3 is 9.84 Å². The molecule has 0 aliphatic heterocycles. The first-order valence-electron chi connectivity index (χ1n) is 6.52. The van der Waals surface area contributed by atoms with Crippen molar-refractivity contribution in [3.8, 4) is 5.75 Å². The van der Waals surface area contributed by atoms with E-state index in [9.17, 15) is 14.7 Å². The fraction of sp³-hybridized carbons (Fsp3) is 0.176. The van der Waals surface area contributed by atoms with E-state index in [-0.39, 0.29) is 11.1 Å². The predicted octanol–water partition coefficient (Wildman–Crippen LogP) is 3.53. The molecule has 108 valence electrons. The highest BCUT2D eigenvalue weighted by Crippen LogP contribution is 2.21. The van der Waals surface area contributed by atoms with Crippen LogP contribution in [0.3, 0.4) is 0 Å². The lowest BCUT2D eigenvalue weighted by Crippen LogP contribution is -2.14. The average Bonchev–Trinajstić information content (AvgIpc) is 2.41. The number of hydrogen-bond donors (Lipinski definition) is 1. The standard InChI is InChI=1S/C17H16O4/c1-10-4-7-13(8-5-10)21-17(20)14-9-6-11(2)15(12(14)3)16(18)19/h4-9H,1-3H3,(H,18,19). The molecule has 0 fully saturated rings. The molecule has 0 radical (unpaired) electrons. The van der Waals surface area contributed by atoms with E-state index in [2.05, 4.69) is 0 Å². The lowest BCUT2D eigenvalue weighted by molar-refractivity contribution is 0.0695. The number of aryl methyl sites for hydroxylation is 2. The van der Waals surface area contributed by atoms with Gasteiger partial charge in [-0.15, -0.1) is 0 Å². The Kier molecular flexibility index (Phi) is 4.08. The van der Waals surface area contributed by atoms with Gasteiger partial charge in [0.15, 0.2) is 0 Å². The van der Waals surface area contributed by atoms with Crippen LogP contribution >= 0.6 is 0 Å². The second-order valence-corrected chi connectivity index (χ2v) is 4.94. The summed E-state index contributed by atoms with van der Waals surface area (Å²) in [5, 5.41) is 9.22. The van der Waals surface area contributed by atoms with Gasteiger partial charge in [-0.05, 0) is 50.1 Å². The molecule has 0 saturated carbocycles. The van der Waals surface area contributed by atoms with Crippen molar-refractivity contribution in [2.75, 3.05) is 0 Å². The third kappa shape index (κ3) is 3.11. The molecule has 0 aliphatic rings. The summed E-state index contributed by atoms with van der Waals surface area (Å²) in [6, 6.07) is 10.3. The number of hydrogen-bond acceptors (Lipinski definition) is 3. The first-order valence-corrected chi connectivity index (χ1v) is 6.52. The Morgan fingerprint density at radius 2 is 1.57 bits per heavy atom. The van der Waals surface area contributed by atoms with Crippen molar-refractivity contribution in [2.24, 2.45) is 0 Å². The number of carboxylic acids is 1. The lowest BCUT2D eigenvalue weighted by atomic mass is 9.98. The molecule has 0 spiro atoms. The molecule has 2 rings (SSSR count). The molecule has 21 heavy (non-hydrogen) atoms. The zero-order valence-corrected chi connectivity index (χ0v) is 12.1. The van der Waals surface area contributed by atoms with Crippen LogP contribution < -0.4 is 4.74 Å². The molecule has 1 N–H and O–H groups in total. The van der Waals surface area contributed by atoms with Crippen molar-refractivity contribution in [2.45, 2.75) is 20.8 Å². The molecular weight excluding hydrogens is 268 g/mol. The van der Waals surface area contributed by atoms with Gasteiger partial charge in [0.25, 0.3) is 0 Å². The van der Waals surface area contributed by atoms with Crippen molar-refractivity contribution in [1.82, 2.24) is 0 Å². The van der Waals surface area contributed by atoms with E-state index >= 15 is 0 Å². The van der Waals surface area contributed by atoms with E-state index in [1.54, 1.807) is 38.1 Å². The SMILES string of the molecule is Cc1ccc(OC(=O)c2ccc(C)c(C(=O)O)c2C)cc1. The topological polar surface area (TPSA) is 63.6 Å². The Balaban J connectivity index is 2.33. The highest BCUT2D eigenvalue weighted by molar-refractivity contribution is 5.98. The van der Waals surface area contributed by atoms with Crippen LogP contribution in [0, 0.1) is 20.8 Å². The van der Waals surface area contributed by atoms with Gasteiger partial charge in [-0.2, -0.15) is 0 Å². The molecule has 4 nitrogen and oxygen atoms in total. The Morgan fingerprint density at radius 1 is 0.952 bits per heavy atom. The lowest BCUT2D eigenvalue weighted by Gasteiger charge is -2.11. The molecule has 0 saturated heterocycles. The summed E-state index contributed by atoms with van der Waals surface area (Å²) in [7, 11) is 0. The molecular formula is C17H16O4. The van der Waals surface area contributed by atoms with E-state index in [0.29, 0.717) is 16.9 Å². The predicted molar refractivity (Wildman–Crippen MR) is 79.0 cm³/mol. The van der Waals surface area contributed by atoms with Gasteiger partial charge in [-0.25, -0.2) is 9.59 Å². The zero-order valence-electron chi connectivity index (χ0n) is 12.1. The largest absolute Gasteiger partial charge is 0.478 e. The molecule has 0 atom stereocenters. The summed E-state index contributed by atoms with van der Waals surface area (Å²) < 4.78 is 5.28. The van der Waals surface area contributed by atoms with Crippen LogP contribution in [0.4, 0.5) is 0 Å². The number of carbonyl (C=O) groups is 2. The van der Waals surface area contributed by atoms with Gasteiger partial charge in [-0.3, -0.25) is 0 Å². The van der Waals surface area contributed by atoms with Gasteiger partial charge >= 0.3 is 11.9 Å². The summed E-state index contributed by atoms with van der Waals surface area (Å²) in [6.07, 6.45) is 0. The summed E-state index contributed by atoms with van der Waals surface area (Å²) in [5.41, 5.74) is 2.51. The molecule has 0 bridgehead atoms. The number of ether oxygens (including phenoxy) is 1. The van der Waals surface area contributed by atoms with Crippen LogP contribution in [0.25, 0.3) is 0 Å². The van der Waals surface area contributed by atoms with Gasteiger partial charge in [0.2, 0.25) is 0 Å². The second-order valence-electron chi connectivity index (χ2n) is 4.94. The van der Waals surface area contributed by atoms with E-state index in [1.165, 1.54) is 0 Å². The fourth-order valence-electron chi connectivity index (χ4n) is 2.17. The molecule has 0 amide bonds. The quantitative estimate of drug-likeness (QED) is 0.691. The minimum atomic E-state index is -1.05. The van der Waals surface area contributed by atoms with E-state index in [4.69, 9.17) is 4.74 Å². The Hall–Kier alpha value is -2.62. The number of aromatic carboxylic acids is 1. The van der Waals surface area contributed by atoms with Gasteiger partial charge in [0.1, 0.15) is 5.75 Å². The molecule has 0 unspecified atom stereocenters. The van der Waals surface area contributed by atoms with E-state index in [0.717, 1.165) is 5.56 Å².